The van der Waals surface area contributed by atoms with Crippen LogP contribution in [0.25, 0.3) is 0 Å². The molecule has 5 nitrogen and oxygen atoms in total. The van der Waals surface area contributed by atoms with Crippen LogP contribution in [0.4, 0.5) is 10.5 Å². The lowest BCUT2D eigenvalue weighted by atomic mass is 10.2. The van der Waals surface area contributed by atoms with Crippen molar-refractivity contribution in [3.63, 3.8) is 0 Å². The molecule has 0 saturated carbocycles. The first-order valence-corrected chi connectivity index (χ1v) is 7.34. The van der Waals surface area contributed by atoms with E-state index in [1.807, 2.05) is 26.0 Å². The van der Waals surface area contributed by atoms with Crippen LogP contribution < -0.4 is 16.0 Å². The number of aryl methyl sites for hydroxylation is 1. The van der Waals surface area contributed by atoms with E-state index < -0.39 is 12.1 Å². The molecule has 0 aromatic heterocycles. The maximum atomic E-state index is 11.8. The number of carbonyl (C=O) groups is 2. The monoisotopic (exact) mass is 341 g/mol. The van der Waals surface area contributed by atoms with Gasteiger partial charge in [0.25, 0.3) is 0 Å². The van der Waals surface area contributed by atoms with Crippen molar-refractivity contribution < 1.29 is 9.59 Å². The van der Waals surface area contributed by atoms with Crippen LogP contribution in [0.15, 0.2) is 22.7 Å². The molecule has 0 aliphatic heterocycles. The van der Waals surface area contributed by atoms with Crippen molar-refractivity contribution in [3.8, 4) is 0 Å². The van der Waals surface area contributed by atoms with Crippen molar-refractivity contribution in [2.45, 2.75) is 33.2 Å². The third-order valence-corrected chi connectivity index (χ3v) is 3.22. The van der Waals surface area contributed by atoms with E-state index >= 15 is 0 Å². The van der Waals surface area contributed by atoms with Crippen LogP contribution in [0.5, 0.6) is 0 Å². The number of anilines is 1. The molecule has 1 unspecified atom stereocenters. The van der Waals surface area contributed by atoms with Gasteiger partial charge in [0.1, 0.15) is 6.04 Å². The summed E-state index contributed by atoms with van der Waals surface area (Å²) >= 11 is 3.36. The molecule has 0 fully saturated rings. The van der Waals surface area contributed by atoms with E-state index in [1.165, 1.54) is 0 Å². The van der Waals surface area contributed by atoms with Gasteiger partial charge < -0.3 is 16.0 Å². The first-order chi connectivity index (χ1) is 9.43. The van der Waals surface area contributed by atoms with E-state index in [0.29, 0.717) is 12.2 Å². The summed E-state index contributed by atoms with van der Waals surface area (Å²) in [5.74, 6) is -0.186. The fourth-order valence-electron chi connectivity index (χ4n) is 1.59. The summed E-state index contributed by atoms with van der Waals surface area (Å²) in [5.41, 5.74) is 1.66. The molecule has 110 valence electrons. The van der Waals surface area contributed by atoms with Gasteiger partial charge in [0.15, 0.2) is 0 Å². The molecule has 0 spiro atoms. The third kappa shape index (κ3) is 5.21. The van der Waals surface area contributed by atoms with Crippen LogP contribution in [0.2, 0.25) is 0 Å². The molecule has 0 heterocycles. The van der Waals surface area contributed by atoms with Crippen LogP contribution in [0.3, 0.4) is 0 Å². The summed E-state index contributed by atoms with van der Waals surface area (Å²) in [6.07, 6.45) is 0.864. The molecule has 20 heavy (non-hydrogen) atoms. The van der Waals surface area contributed by atoms with Crippen molar-refractivity contribution in [1.29, 1.82) is 0 Å². The zero-order chi connectivity index (χ0) is 15.1. The Morgan fingerprint density at radius 3 is 2.65 bits per heavy atom. The number of amides is 3. The number of nitrogens with one attached hydrogen (secondary N) is 3. The van der Waals surface area contributed by atoms with Crippen LogP contribution in [0.1, 0.15) is 25.8 Å². The van der Waals surface area contributed by atoms with Crippen LogP contribution in [0, 0.1) is 6.92 Å². The van der Waals surface area contributed by atoms with Gasteiger partial charge in [0, 0.05) is 16.7 Å². The van der Waals surface area contributed by atoms with Crippen molar-refractivity contribution in [1.82, 2.24) is 10.6 Å². The zero-order valence-corrected chi connectivity index (χ0v) is 13.5. The van der Waals surface area contributed by atoms with Crippen LogP contribution >= 0.6 is 15.9 Å². The summed E-state index contributed by atoms with van der Waals surface area (Å²) in [5, 5.41) is 8.07. The molecule has 1 rings (SSSR count). The first-order valence-electron chi connectivity index (χ1n) is 6.55. The largest absolute Gasteiger partial charge is 0.354 e. The highest BCUT2D eigenvalue weighted by Crippen LogP contribution is 2.19. The van der Waals surface area contributed by atoms with E-state index in [2.05, 4.69) is 31.9 Å². The SMILES string of the molecule is CCCNC(=O)C(C)NC(=O)Nc1ccc(Br)cc1C. The molecular formula is C14H20BrN3O2. The molecule has 1 aromatic carbocycles. The number of hydrogen-bond acceptors (Lipinski definition) is 2. The fraction of sp³-hybridized carbons (Fsp3) is 0.429. The smallest absolute Gasteiger partial charge is 0.319 e. The van der Waals surface area contributed by atoms with E-state index in [1.54, 1.807) is 13.0 Å². The van der Waals surface area contributed by atoms with E-state index in [0.717, 1.165) is 16.5 Å². The van der Waals surface area contributed by atoms with Gasteiger partial charge in [-0.1, -0.05) is 22.9 Å². The molecule has 0 bridgehead atoms. The van der Waals surface area contributed by atoms with Crippen LogP contribution in [-0.2, 0) is 4.79 Å². The summed E-state index contributed by atoms with van der Waals surface area (Å²) in [7, 11) is 0. The zero-order valence-electron chi connectivity index (χ0n) is 11.9. The summed E-state index contributed by atoms with van der Waals surface area (Å²) in [4.78, 5) is 23.5. The average Bonchev–Trinajstić information content (AvgIpc) is 2.39. The lowest BCUT2D eigenvalue weighted by Crippen LogP contribution is -2.46. The van der Waals surface area contributed by atoms with Gasteiger partial charge in [-0.05, 0) is 44.0 Å². The summed E-state index contributed by atoms with van der Waals surface area (Å²) in [6.45, 7) is 6.14. The first kappa shape index (κ1) is 16.5. The minimum atomic E-state index is -0.572. The molecule has 0 saturated heterocycles. The number of benzene rings is 1. The second-order valence-electron chi connectivity index (χ2n) is 4.57. The Balaban J connectivity index is 2.52. The van der Waals surface area contributed by atoms with Gasteiger partial charge in [0.2, 0.25) is 5.91 Å². The lowest BCUT2D eigenvalue weighted by molar-refractivity contribution is -0.122. The van der Waals surface area contributed by atoms with Gasteiger partial charge in [-0.25, -0.2) is 4.79 Å². The van der Waals surface area contributed by atoms with Gasteiger partial charge in [0.05, 0.1) is 0 Å². The van der Waals surface area contributed by atoms with Gasteiger partial charge in [-0.2, -0.15) is 0 Å². The minimum absolute atomic E-state index is 0.186. The number of rotatable bonds is 5. The van der Waals surface area contributed by atoms with Crippen molar-refractivity contribution >= 4 is 33.6 Å². The predicted molar refractivity (Wildman–Crippen MR) is 83.8 cm³/mol. The summed E-state index contributed by atoms with van der Waals surface area (Å²) < 4.78 is 0.952. The van der Waals surface area contributed by atoms with E-state index in [9.17, 15) is 9.59 Å². The Labute approximate surface area is 127 Å². The van der Waals surface area contributed by atoms with Crippen molar-refractivity contribution in [2.24, 2.45) is 0 Å². The Morgan fingerprint density at radius 2 is 2.05 bits per heavy atom. The van der Waals surface area contributed by atoms with Gasteiger partial charge in [-0.3, -0.25) is 4.79 Å². The maximum Gasteiger partial charge on any atom is 0.319 e. The van der Waals surface area contributed by atoms with E-state index in [4.69, 9.17) is 0 Å². The standard InChI is InChI=1S/C14H20BrN3O2/c1-4-7-16-13(19)10(3)17-14(20)18-12-6-5-11(15)8-9(12)2/h5-6,8,10H,4,7H2,1-3H3,(H,16,19)(H2,17,18,20). The normalized spacial score (nSPS) is 11.6. The molecule has 3 amide bonds. The summed E-state index contributed by atoms with van der Waals surface area (Å²) in [6, 6.07) is 4.60. The van der Waals surface area contributed by atoms with Crippen molar-refractivity contribution in [3.05, 3.63) is 28.2 Å². The molecular weight excluding hydrogens is 322 g/mol. The molecule has 1 atom stereocenters. The second kappa shape index (κ2) is 7.89. The average molecular weight is 342 g/mol. The van der Waals surface area contributed by atoms with Crippen molar-refractivity contribution in [2.75, 3.05) is 11.9 Å². The number of carbonyl (C=O) groups excluding carboxylic acids is 2. The number of halogens is 1. The Hall–Kier alpha value is -1.56. The van der Waals surface area contributed by atoms with Gasteiger partial charge in [-0.15, -0.1) is 0 Å². The quantitative estimate of drug-likeness (QED) is 0.770. The maximum absolute atomic E-state index is 11.8. The topological polar surface area (TPSA) is 70.2 Å². The fourth-order valence-corrected chi connectivity index (χ4v) is 2.06. The Morgan fingerprint density at radius 1 is 1.35 bits per heavy atom. The highest BCUT2D eigenvalue weighted by atomic mass is 79.9. The van der Waals surface area contributed by atoms with Gasteiger partial charge >= 0.3 is 6.03 Å². The molecule has 0 radical (unpaired) electrons. The highest BCUT2D eigenvalue weighted by molar-refractivity contribution is 9.10. The predicted octanol–water partition coefficient (Wildman–Crippen LogP) is 2.79. The Bertz CT molecular complexity index is 491. The molecule has 1 aromatic rings. The Kier molecular flexibility index (Phi) is 6.51. The third-order valence-electron chi connectivity index (χ3n) is 2.73. The number of urea groups is 1. The molecule has 0 aliphatic carbocycles. The van der Waals surface area contributed by atoms with Crippen LogP contribution in [-0.4, -0.2) is 24.5 Å². The minimum Gasteiger partial charge on any atom is -0.354 e. The lowest BCUT2D eigenvalue weighted by Gasteiger charge is -2.15. The molecule has 3 N–H and O–H groups in total. The molecule has 0 aliphatic rings. The van der Waals surface area contributed by atoms with E-state index in [-0.39, 0.29) is 5.91 Å². The highest BCUT2D eigenvalue weighted by Gasteiger charge is 2.15. The molecule has 6 heteroatoms. The second-order valence-corrected chi connectivity index (χ2v) is 5.49. The number of hydrogen-bond donors (Lipinski definition) is 3.